The summed E-state index contributed by atoms with van der Waals surface area (Å²) in [5.41, 5.74) is 1.26. The van der Waals surface area contributed by atoms with Gasteiger partial charge < -0.3 is 4.74 Å². The van der Waals surface area contributed by atoms with Crippen molar-refractivity contribution in [2.24, 2.45) is 10.2 Å². The highest BCUT2D eigenvalue weighted by Crippen LogP contribution is 2.31. The summed E-state index contributed by atoms with van der Waals surface area (Å²) in [6.07, 6.45) is 0. The molecule has 0 spiro atoms. The van der Waals surface area contributed by atoms with Gasteiger partial charge >= 0.3 is 5.97 Å². The molecule has 0 heterocycles. The van der Waals surface area contributed by atoms with Gasteiger partial charge in [-0.05, 0) is 53.2 Å². The Hall–Kier alpha value is -2.87. The Balaban J connectivity index is 2.11. The van der Waals surface area contributed by atoms with Crippen LogP contribution in [0.25, 0.3) is 0 Å². The van der Waals surface area contributed by atoms with Crippen LogP contribution in [0.3, 0.4) is 0 Å². The van der Waals surface area contributed by atoms with Gasteiger partial charge in [-0.2, -0.15) is 5.11 Å². The maximum Gasteiger partial charge on any atom is 0.338 e. The van der Waals surface area contributed by atoms with E-state index in [2.05, 4.69) is 32.7 Å². The number of hydrogen-bond acceptors (Lipinski definition) is 6. The van der Waals surface area contributed by atoms with Crippen LogP contribution < -0.4 is 4.74 Å². The standard InChI is InChI=1S/C16H12BrN3O4/c1-10(2)16(21)24-13-6-3-11(4-7-13)18-19-15-8-5-12(20(22)23)9-14(15)17/h3-9H,1H2,2H3. The maximum atomic E-state index is 11.4. The topological polar surface area (TPSA) is 94.2 Å². The lowest BCUT2D eigenvalue weighted by Gasteiger charge is -2.03. The van der Waals surface area contributed by atoms with Gasteiger partial charge in [-0.25, -0.2) is 4.79 Å². The summed E-state index contributed by atoms with van der Waals surface area (Å²) >= 11 is 3.22. The number of halogens is 1. The normalized spacial score (nSPS) is 10.6. The van der Waals surface area contributed by atoms with Gasteiger partial charge in [0.15, 0.2) is 0 Å². The molecule has 2 aromatic rings. The summed E-state index contributed by atoms with van der Waals surface area (Å²) in [5, 5.41) is 18.7. The van der Waals surface area contributed by atoms with E-state index in [-0.39, 0.29) is 5.69 Å². The molecule has 24 heavy (non-hydrogen) atoms. The van der Waals surface area contributed by atoms with Gasteiger partial charge in [0.25, 0.3) is 5.69 Å². The van der Waals surface area contributed by atoms with Crippen molar-refractivity contribution in [2.45, 2.75) is 6.92 Å². The maximum absolute atomic E-state index is 11.4. The van der Waals surface area contributed by atoms with Crippen LogP contribution in [-0.4, -0.2) is 10.9 Å². The Morgan fingerprint density at radius 3 is 2.42 bits per heavy atom. The van der Waals surface area contributed by atoms with Crippen LogP contribution in [0.5, 0.6) is 5.75 Å². The van der Waals surface area contributed by atoms with Crippen LogP contribution >= 0.6 is 15.9 Å². The fourth-order valence-electron chi connectivity index (χ4n) is 1.58. The van der Waals surface area contributed by atoms with Gasteiger partial charge in [0, 0.05) is 17.7 Å². The molecule has 0 atom stereocenters. The number of non-ortho nitro benzene ring substituents is 1. The molecule has 8 heteroatoms. The van der Waals surface area contributed by atoms with Crippen molar-refractivity contribution in [1.82, 2.24) is 0 Å². The largest absolute Gasteiger partial charge is 0.423 e. The zero-order valence-corrected chi connectivity index (χ0v) is 14.2. The smallest absolute Gasteiger partial charge is 0.338 e. The van der Waals surface area contributed by atoms with Gasteiger partial charge in [-0.3, -0.25) is 10.1 Å². The lowest BCUT2D eigenvalue weighted by molar-refractivity contribution is -0.384. The molecule has 0 saturated carbocycles. The highest BCUT2D eigenvalue weighted by atomic mass is 79.9. The van der Waals surface area contributed by atoms with E-state index in [4.69, 9.17) is 4.74 Å². The summed E-state index contributed by atoms with van der Waals surface area (Å²) in [5.74, 6) is -0.127. The molecule has 2 rings (SSSR count). The number of hydrogen-bond donors (Lipinski definition) is 0. The van der Waals surface area contributed by atoms with Crippen LogP contribution in [-0.2, 0) is 4.79 Å². The third-order valence-electron chi connectivity index (χ3n) is 2.81. The Morgan fingerprint density at radius 1 is 1.21 bits per heavy atom. The number of esters is 1. The summed E-state index contributed by atoms with van der Waals surface area (Å²) in [4.78, 5) is 21.6. The summed E-state index contributed by atoms with van der Waals surface area (Å²) in [6.45, 7) is 5.06. The van der Waals surface area contributed by atoms with Crippen LogP contribution in [0, 0.1) is 10.1 Å². The second-order valence-corrected chi connectivity index (χ2v) is 5.61. The van der Waals surface area contributed by atoms with E-state index in [1.165, 1.54) is 18.2 Å². The fourth-order valence-corrected chi connectivity index (χ4v) is 2.02. The quantitative estimate of drug-likeness (QED) is 0.174. The van der Waals surface area contributed by atoms with E-state index >= 15 is 0 Å². The molecule has 0 N–H and O–H groups in total. The average Bonchev–Trinajstić information content (AvgIpc) is 2.54. The first-order valence-electron chi connectivity index (χ1n) is 6.70. The molecular weight excluding hydrogens is 378 g/mol. The number of azo groups is 1. The average molecular weight is 390 g/mol. The first-order valence-corrected chi connectivity index (χ1v) is 7.49. The number of nitro benzene ring substituents is 1. The molecule has 0 unspecified atom stereocenters. The number of carbonyl (C=O) groups is 1. The number of nitrogens with zero attached hydrogens (tertiary/aromatic N) is 3. The van der Waals surface area contributed by atoms with Crippen LogP contribution in [0.2, 0.25) is 0 Å². The third-order valence-corrected chi connectivity index (χ3v) is 3.45. The second kappa shape index (κ2) is 7.60. The van der Waals surface area contributed by atoms with Gasteiger partial charge in [0.1, 0.15) is 11.4 Å². The molecule has 7 nitrogen and oxygen atoms in total. The number of nitro groups is 1. The first kappa shape index (κ1) is 17.5. The van der Waals surface area contributed by atoms with Crippen molar-refractivity contribution < 1.29 is 14.5 Å². The minimum absolute atomic E-state index is 0.0375. The number of rotatable bonds is 5. The Bertz CT molecular complexity index is 832. The molecule has 122 valence electrons. The molecule has 2 aromatic carbocycles. The van der Waals surface area contributed by atoms with Crippen LogP contribution in [0.1, 0.15) is 6.92 Å². The lowest BCUT2D eigenvalue weighted by Crippen LogP contribution is -2.07. The highest BCUT2D eigenvalue weighted by Gasteiger charge is 2.09. The monoisotopic (exact) mass is 389 g/mol. The minimum atomic E-state index is -0.501. The lowest BCUT2D eigenvalue weighted by atomic mass is 10.3. The van der Waals surface area contributed by atoms with Crippen molar-refractivity contribution in [1.29, 1.82) is 0 Å². The van der Waals surface area contributed by atoms with Crippen molar-refractivity contribution in [3.8, 4) is 5.75 Å². The van der Waals surface area contributed by atoms with E-state index in [1.807, 2.05) is 0 Å². The zero-order valence-electron chi connectivity index (χ0n) is 12.6. The molecule has 0 aromatic heterocycles. The van der Waals surface area contributed by atoms with Crippen molar-refractivity contribution in [2.75, 3.05) is 0 Å². The van der Waals surface area contributed by atoms with Gasteiger partial charge in [0.2, 0.25) is 0 Å². The predicted molar refractivity (Wildman–Crippen MR) is 91.9 cm³/mol. The van der Waals surface area contributed by atoms with E-state index < -0.39 is 10.9 Å². The van der Waals surface area contributed by atoms with Gasteiger partial charge in [0.05, 0.1) is 15.1 Å². The van der Waals surface area contributed by atoms with Crippen LogP contribution in [0.4, 0.5) is 17.1 Å². The van der Waals surface area contributed by atoms with Gasteiger partial charge in [-0.15, -0.1) is 5.11 Å². The first-order chi connectivity index (χ1) is 11.4. The minimum Gasteiger partial charge on any atom is -0.423 e. The Kier molecular flexibility index (Phi) is 5.54. The molecule has 0 amide bonds. The third kappa shape index (κ3) is 4.56. The fraction of sp³-hybridized carbons (Fsp3) is 0.0625. The zero-order chi connectivity index (χ0) is 17.7. The van der Waals surface area contributed by atoms with E-state index in [9.17, 15) is 14.9 Å². The summed E-state index contributed by atoms with van der Waals surface area (Å²) in [7, 11) is 0. The molecule has 0 radical (unpaired) electrons. The molecule has 0 aliphatic rings. The molecule has 0 aliphatic heterocycles. The summed E-state index contributed by atoms with van der Waals surface area (Å²) in [6, 6.07) is 10.6. The van der Waals surface area contributed by atoms with E-state index in [0.29, 0.717) is 27.2 Å². The number of benzene rings is 2. The predicted octanol–water partition coefficient (Wildman–Crippen LogP) is 5.25. The number of carbonyl (C=O) groups excluding carboxylic acids is 1. The van der Waals surface area contributed by atoms with E-state index in [0.717, 1.165) is 0 Å². The Morgan fingerprint density at radius 2 is 1.88 bits per heavy atom. The Labute approximate surface area is 146 Å². The van der Waals surface area contributed by atoms with Crippen LogP contribution in [0.15, 0.2) is 69.3 Å². The second-order valence-electron chi connectivity index (χ2n) is 4.76. The van der Waals surface area contributed by atoms with Crippen molar-refractivity contribution in [3.05, 3.63) is 69.2 Å². The molecule has 0 fully saturated rings. The molecule has 0 bridgehead atoms. The van der Waals surface area contributed by atoms with Crippen molar-refractivity contribution >= 4 is 39.0 Å². The summed E-state index contributed by atoms with van der Waals surface area (Å²) < 4.78 is 5.53. The highest BCUT2D eigenvalue weighted by molar-refractivity contribution is 9.10. The van der Waals surface area contributed by atoms with Crippen molar-refractivity contribution in [3.63, 3.8) is 0 Å². The SMILES string of the molecule is C=C(C)C(=O)Oc1ccc(N=Nc2ccc([N+](=O)[O-])cc2Br)cc1. The van der Waals surface area contributed by atoms with Gasteiger partial charge in [-0.1, -0.05) is 6.58 Å². The number of ether oxygens (including phenoxy) is 1. The molecule has 0 saturated heterocycles. The van der Waals surface area contributed by atoms with E-state index in [1.54, 1.807) is 31.2 Å². The molecule has 0 aliphatic carbocycles. The molecular formula is C16H12BrN3O4.